The molecule has 0 atom stereocenters. The minimum Gasteiger partial charge on any atom is -0.353 e. The zero-order chi connectivity index (χ0) is 20.1. The van der Waals surface area contributed by atoms with Gasteiger partial charge in [0.1, 0.15) is 17.3 Å². The molecule has 0 radical (unpaired) electrons. The molecular weight excluding hydrogens is 354 g/mol. The number of para-hydroxylation sites is 1. The van der Waals surface area contributed by atoms with Crippen LogP contribution in [0, 0.1) is 6.92 Å². The molecule has 1 fully saturated rings. The third kappa shape index (κ3) is 4.30. The van der Waals surface area contributed by atoms with Crippen molar-refractivity contribution in [1.82, 2.24) is 14.9 Å². The van der Waals surface area contributed by atoms with Gasteiger partial charge in [-0.15, -0.1) is 0 Å². The van der Waals surface area contributed by atoms with Crippen molar-refractivity contribution in [3.05, 3.63) is 46.9 Å². The Kier molecular flexibility index (Phi) is 6.23. The predicted octanol–water partition coefficient (Wildman–Crippen LogP) is 2.44. The molecule has 0 spiro atoms. The Balaban J connectivity index is 1.83. The first-order chi connectivity index (χ1) is 13.5. The second-order valence-corrected chi connectivity index (χ2v) is 6.90. The Labute approximate surface area is 165 Å². The Hall–Kier alpha value is -2.96. The summed E-state index contributed by atoms with van der Waals surface area (Å²) in [5.41, 5.74) is 3.47. The van der Waals surface area contributed by atoms with E-state index in [1.807, 2.05) is 18.2 Å². The SMILES string of the molecule is CCc1cccc(CC)c1NC(=O)c1cc(N2CCN(C=O)CC2)nc(C)n1. The number of aryl methyl sites for hydroxylation is 3. The minimum atomic E-state index is -0.228. The maximum atomic E-state index is 13.0. The van der Waals surface area contributed by atoms with Gasteiger partial charge in [0.2, 0.25) is 6.41 Å². The number of aromatic nitrogens is 2. The molecule has 1 aromatic heterocycles. The van der Waals surface area contributed by atoms with E-state index >= 15 is 0 Å². The maximum absolute atomic E-state index is 13.0. The molecule has 0 saturated carbocycles. The number of carbonyl (C=O) groups is 2. The topological polar surface area (TPSA) is 78.4 Å². The Morgan fingerprint density at radius 3 is 2.32 bits per heavy atom. The van der Waals surface area contributed by atoms with Crippen molar-refractivity contribution < 1.29 is 9.59 Å². The van der Waals surface area contributed by atoms with E-state index in [1.54, 1.807) is 17.9 Å². The van der Waals surface area contributed by atoms with Crippen molar-refractivity contribution in [3.8, 4) is 0 Å². The summed E-state index contributed by atoms with van der Waals surface area (Å²) >= 11 is 0. The number of benzene rings is 1. The molecule has 2 amide bonds. The summed E-state index contributed by atoms with van der Waals surface area (Å²) in [4.78, 5) is 36.5. The molecule has 2 aromatic rings. The van der Waals surface area contributed by atoms with Crippen molar-refractivity contribution in [1.29, 1.82) is 0 Å². The minimum absolute atomic E-state index is 0.228. The predicted molar refractivity (Wildman–Crippen MR) is 110 cm³/mol. The van der Waals surface area contributed by atoms with E-state index in [9.17, 15) is 9.59 Å². The van der Waals surface area contributed by atoms with Gasteiger partial charge in [-0.3, -0.25) is 9.59 Å². The molecule has 0 unspecified atom stereocenters. The van der Waals surface area contributed by atoms with E-state index in [1.165, 1.54) is 0 Å². The van der Waals surface area contributed by atoms with E-state index in [-0.39, 0.29) is 5.91 Å². The highest BCUT2D eigenvalue weighted by atomic mass is 16.2. The van der Waals surface area contributed by atoms with Gasteiger partial charge < -0.3 is 15.1 Å². The quantitative estimate of drug-likeness (QED) is 0.778. The van der Waals surface area contributed by atoms with E-state index < -0.39 is 0 Å². The highest BCUT2D eigenvalue weighted by molar-refractivity contribution is 6.04. The number of piperazine rings is 1. The van der Waals surface area contributed by atoms with Crippen molar-refractivity contribution in [2.24, 2.45) is 0 Å². The normalized spacial score (nSPS) is 14.1. The van der Waals surface area contributed by atoms with Crippen LogP contribution in [0.15, 0.2) is 24.3 Å². The zero-order valence-corrected chi connectivity index (χ0v) is 16.7. The lowest BCUT2D eigenvalue weighted by Crippen LogP contribution is -2.46. The first-order valence-corrected chi connectivity index (χ1v) is 9.77. The fourth-order valence-corrected chi connectivity index (χ4v) is 3.47. The Morgan fingerprint density at radius 1 is 1.11 bits per heavy atom. The lowest BCUT2D eigenvalue weighted by Gasteiger charge is -2.33. The highest BCUT2D eigenvalue weighted by Gasteiger charge is 2.20. The van der Waals surface area contributed by atoms with Gasteiger partial charge >= 0.3 is 0 Å². The van der Waals surface area contributed by atoms with Crippen molar-refractivity contribution in [3.63, 3.8) is 0 Å². The summed E-state index contributed by atoms with van der Waals surface area (Å²) in [6.07, 6.45) is 2.56. The van der Waals surface area contributed by atoms with Crippen molar-refractivity contribution in [2.75, 3.05) is 36.4 Å². The van der Waals surface area contributed by atoms with Crippen LogP contribution in [0.5, 0.6) is 0 Å². The molecule has 0 aliphatic carbocycles. The monoisotopic (exact) mass is 381 g/mol. The van der Waals surface area contributed by atoms with E-state index in [0.29, 0.717) is 37.7 Å². The molecule has 148 valence electrons. The van der Waals surface area contributed by atoms with Crippen molar-refractivity contribution >= 4 is 23.8 Å². The highest BCUT2D eigenvalue weighted by Crippen LogP contribution is 2.24. The van der Waals surface area contributed by atoms with Crippen LogP contribution in [-0.2, 0) is 17.6 Å². The summed E-state index contributed by atoms with van der Waals surface area (Å²) in [5, 5.41) is 3.07. The van der Waals surface area contributed by atoms with Gasteiger partial charge in [0.15, 0.2) is 0 Å². The van der Waals surface area contributed by atoms with E-state index in [2.05, 4.69) is 34.0 Å². The second-order valence-electron chi connectivity index (χ2n) is 6.90. The molecule has 0 bridgehead atoms. The first-order valence-electron chi connectivity index (χ1n) is 9.77. The van der Waals surface area contributed by atoms with Gasteiger partial charge in [-0.25, -0.2) is 9.97 Å². The summed E-state index contributed by atoms with van der Waals surface area (Å²) < 4.78 is 0. The first kappa shape index (κ1) is 19.8. The number of hydrogen-bond acceptors (Lipinski definition) is 5. The molecule has 1 aliphatic rings. The van der Waals surface area contributed by atoms with Crippen LogP contribution >= 0.6 is 0 Å². The molecule has 7 nitrogen and oxygen atoms in total. The van der Waals surface area contributed by atoms with Gasteiger partial charge in [0.25, 0.3) is 5.91 Å². The molecule has 7 heteroatoms. The molecule has 1 saturated heterocycles. The third-order valence-electron chi connectivity index (χ3n) is 5.08. The number of rotatable bonds is 6. The van der Waals surface area contributed by atoms with Crippen LogP contribution in [0.25, 0.3) is 0 Å². The largest absolute Gasteiger partial charge is 0.353 e. The van der Waals surface area contributed by atoms with E-state index in [4.69, 9.17) is 0 Å². The van der Waals surface area contributed by atoms with Gasteiger partial charge in [-0.05, 0) is 30.9 Å². The second kappa shape index (κ2) is 8.82. The Morgan fingerprint density at radius 2 is 1.75 bits per heavy atom. The van der Waals surface area contributed by atoms with E-state index in [0.717, 1.165) is 41.9 Å². The van der Waals surface area contributed by atoms with Gasteiger partial charge in [0.05, 0.1) is 0 Å². The van der Waals surface area contributed by atoms with Gasteiger partial charge in [0, 0.05) is 37.9 Å². The number of hydrogen-bond donors (Lipinski definition) is 1. The van der Waals surface area contributed by atoms with Crippen LogP contribution in [0.4, 0.5) is 11.5 Å². The van der Waals surface area contributed by atoms with Crippen LogP contribution in [0.1, 0.15) is 41.3 Å². The van der Waals surface area contributed by atoms with Crippen molar-refractivity contribution in [2.45, 2.75) is 33.6 Å². The van der Waals surface area contributed by atoms with Gasteiger partial charge in [-0.2, -0.15) is 0 Å². The number of nitrogens with zero attached hydrogens (tertiary/aromatic N) is 4. The molecule has 2 heterocycles. The fourth-order valence-electron chi connectivity index (χ4n) is 3.47. The maximum Gasteiger partial charge on any atom is 0.274 e. The standard InChI is InChI=1S/C21H27N5O2/c1-4-16-7-6-8-17(5-2)20(16)24-21(28)18-13-19(23-15(3)22-18)26-11-9-25(14-27)10-12-26/h6-8,13-14H,4-5,9-12H2,1-3H3,(H,24,28). The molecular formula is C21H27N5O2. The number of carbonyl (C=O) groups excluding carboxylic acids is 2. The van der Waals surface area contributed by atoms with Crippen LogP contribution in [-0.4, -0.2) is 53.4 Å². The van der Waals surface area contributed by atoms with Crippen LogP contribution in [0.3, 0.4) is 0 Å². The van der Waals surface area contributed by atoms with Crippen LogP contribution < -0.4 is 10.2 Å². The molecule has 1 aliphatic heterocycles. The molecule has 28 heavy (non-hydrogen) atoms. The number of anilines is 2. The summed E-state index contributed by atoms with van der Waals surface area (Å²) in [5.74, 6) is 1.05. The lowest BCUT2D eigenvalue weighted by atomic mass is 10.0. The lowest BCUT2D eigenvalue weighted by molar-refractivity contribution is -0.118. The van der Waals surface area contributed by atoms with Crippen LogP contribution in [0.2, 0.25) is 0 Å². The number of nitrogens with one attached hydrogen (secondary N) is 1. The fraction of sp³-hybridized carbons (Fsp3) is 0.429. The smallest absolute Gasteiger partial charge is 0.274 e. The summed E-state index contributed by atoms with van der Waals surface area (Å²) in [6.45, 7) is 8.63. The summed E-state index contributed by atoms with van der Waals surface area (Å²) in [6, 6.07) is 7.84. The third-order valence-corrected chi connectivity index (χ3v) is 5.08. The molecule has 1 aromatic carbocycles. The molecule has 1 N–H and O–H groups in total. The Bertz CT molecular complexity index is 838. The molecule has 3 rings (SSSR count). The average molecular weight is 381 g/mol. The average Bonchev–Trinajstić information content (AvgIpc) is 2.73. The van der Waals surface area contributed by atoms with Gasteiger partial charge in [-0.1, -0.05) is 32.0 Å². The summed E-state index contributed by atoms with van der Waals surface area (Å²) in [7, 11) is 0. The number of amides is 2. The zero-order valence-electron chi connectivity index (χ0n) is 16.7.